The Bertz CT molecular complexity index is 285. The molecule has 2 unspecified atom stereocenters. The Morgan fingerprint density at radius 2 is 2.21 bits per heavy atom. The SMILES string of the molecule is CC1CC(O)(CCS(C)(=O)=O)CCO1. The van der Waals surface area contributed by atoms with Crippen molar-refractivity contribution in [3.05, 3.63) is 0 Å². The highest BCUT2D eigenvalue weighted by Gasteiger charge is 2.33. The van der Waals surface area contributed by atoms with Crippen molar-refractivity contribution in [2.45, 2.75) is 37.9 Å². The summed E-state index contributed by atoms with van der Waals surface area (Å²) in [5.41, 5.74) is -0.846. The van der Waals surface area contributed by atoms with Crippen molar-refractivity contribution in [3.8, 4) is 0 Å². The van der Waals surface area contributed by atoms with Crippen LogP contribution in [0.4, 0.5) is 0 Å². The molecule has 1 aliphatic heterocycles. The lowest BCUT2D eigenvalue weighted by Crippen LogP contribution is -2.41. The second kappa shape index (κ2) is 4.16. The van der Waals surface area contributed by atoms with Crippen LogP contribution in [0, 0.1) is 0 Å². The molecule has 0 radical (unpaired) electrons. The zero-order valence-electron chi connectivity index (χ0n) is 8.69. The standard InChI is InChI=1S/C9H18O4S/c1-8-7-9(10,3-5-13-8)4-6-14(2,11)12/h8,10H,3-7H2,1-2H3. The molecule has 5 heteroatoms. The lowest BCUT2D eigenvalue weighted by Gasteiger charge is -2.35. The van der Waals surface area contributed by atoms with E-state index in [4.69, 9.17) is 4.74 Å². The second-order valence-corrected chi connectivity index (χ2v) is 6.50. The predicted octanol–water partition coefficient (Wildman–Crippen LogP) is 0.351. The van der Waals surface area contributed by atoms with Gasteiger partial charge in [-0.3, -0.25) is 0 Å². The second-order valence-electron chi connectivity index (χ2n) is 4.24. The van der Waals surface area contributed by atoms with Gasteiger partial charge in [0.25, 0.3) is 0 Å². The van der Waals surface area contributed by atoms with Crippen LogP contribution in [0.25, 0.3) is 0 Å². The van der Waals surface area contributed by atoms with Crippen molar-refractivity contribution in [3.63, 3.8) is 0 Å². The number of sulfone groups is 1. The molecule has 0 aliphatic carbocycles. The van der Waals surface area contributed by atoms with E-state index in [1.807, 2.05) is 6.92 Å². The molecule has 4 nitrogen and oxygen atoms in total. The van der Waals surface area contributed by atoms with E-state index < -0.39 is 15.4 Å². The lowest BCUT2D eigenvalue weighted by molar-refractivity contribution is -0.0977. The van der Waals surface area contributed by atoms with Crippen molar-refractivity contribution in [2.24, 2.45) is 0 Å². The average Bonchev–Trinajstić information content (AvgIpc) is 1.99. The van der Waals surface area contributed by atoms with E-state index in [9.17, 15) is 13.5 Å². The molecule has 1 heterocycles. The van der Waals surface area contributed by atoms with Gasteiger partial charge in [-0.1, -0.05) is 0 Å². The van der Waals surface area contributed by atoms with Crippen molar-refractivity contribution in [2.75, 3.05) is 18.6 Å². The Hall–Kier alpha value is -0.130. The molecule has 0 aromatic rings. The summed E-state index contributed by atoms with van der Waals surface area (Å²) >= 11 is 0. The van der Waals surface area contributed by atoms with E-state index in [1.54, 1.807) is 0 Å². The molecule has 1 saturated heterocycles. The van der Waals surface area contributed by atoms with Gasteiger partial charge in [-0.2, -0.15) is 0 Å². The summed E-state index contributed by atoms with van der Waals surface area (Å²) in [5, 5.41) is 10.1. The minimum atomic E-state index is -2.98. The maximum atomic E-state index is 11.0. The first kappa shape index (κ1) is 11.9. The van der Waals surface area contributed by atoms with Gasteiger partial charge in [-0.05, 0) is 19.8 Å². The quantitative estimate of drug-likeness (QED) is 0.748. The van der Waals surface area contributed by atoms with Crippen molar-refractivity contribution in [1.29, 1.82) is 0 Å². The van der Waals surface area contributed by atoms with Crippen LogP contribution in [0.15, 0.2) is 0 Å². The molecule has 0 amide bonds. The van der Waals surface area contributed by atoms with E-state index in [0.717, 1.165) is 0 Å². The molecular weight excluding hydrogens is 204 g/mol. The van der Waals surface area contributed by atoms with Crippen molar-refractivity contribution in [1.82, 2.24) is 0 Å². The molecule has 0 aromatic carbocycles. The van der Waals surface area contributed by atoms with Gasteiger partial charge in [0.2, 0.25) is 0 Å². The van der Waals surface area contributed by atoms with Crippen LogP contribution in [0.1, 0.15) is 26.2 Å². The van der Waals surface area contributed by atoms with Crippen LogP contribution < -0.4 is 0 Å². The van der Waals surface area contributed by atoms with Crippen LogP contribution in [0.3, 0.4) is 0 Å². The first-order chi connectivity index (χ1) is 6.31. The molecule has 1 rings (SSSR count). The predicted molar refractivity (Wildman–Crippen MR) is 53.9 cm³/mol. The van der Waals surface area contributed by atoms with Crippen LogP contribution in [-0.4, -0.2) is 43.8 Å². The molecule has 84 valence electrons. The summed E-state index contributed by atoms with van der Waals surface area (Å²) in [6, 6.07) is 0. The van der Waals surface area contributed by atoms with E-state index in [-0.39, 0.29) is 11.9 Å². The molecule has 0 aromatic heterocycles. The lowest BCUT2D eigenvalue weighted by atomic mass is 9.88. The van der Waals surface area contributed by atoms with Crippen molar-refractivity contribution < 1.29 is 18.3 Å². The highest BCUT2D eigenvalue weighted by atomic mass is 32.2. The molecular formula is C9H18O4S. The third-order valence-electron chi connectivity index (χ3n) is 2.58. The fourth-order valence-corrected chi connectivity index (χ4v) is 2.50. The Morgan fingerprint density at radius 1 is 1.57 bits per heavy atom. The van der Waals surface area contributed by atoms with Crippen molar-refractivity contribution >= 4 is 9.84 Å². The van der Waals surface area contributed by atoms with E-state index in [0.29, 0.717) is 25.9 Å². The number of ether oxygens (including phenoxy) is 1. The Balaban J connectivity index is 2.49. The normalized spacial score (nSPS) is 34.4. The molecule has 0 bridgehead atoms. The topological polar surface area (TPSA) is 63.6 Å². The number of hydrogen-bond acceptors (Lipinski definition) is 4. The summed E-state index contributed by atoms with van der Waals surface area (Å²) in [5.74, 6) is 0.0518. The number of aliphatic hydroxyl groups is 1. The average molecular weight is 222 g/mol. The number of rotatable bonds is 3. The third kappa shape index (κ3) is 3.94. The van der Waals surface area contributed by atoms with Crippen LogP contribution in [-0.2, 0) is 14.6 Å². The largest absolute Gasteiger partial charge is 0.390 e. The van der Waals surface area contributed by atoms with Gasteiger partial charge in [0.15, 0.2) is 0 Å². The van der Waals surface area contributed by atoms with Gasteiger partial charge in [0, 0.05) is 19.3 Å². The molecule has 0 spiro atoms. The number of hydrogen-bond donors (Lipinski definition) is 1. The summed E-state index contributed by atoms with van der Waals surface area (Å²) < 4.78 is 27.2. The monoisotopic (exact) mass is 222 g/mol. The highest BCUT2D eigenvalue weighted by molar-refractivity contribution is 7.90. The fraction of sp³-hybridized carbons (Fsp3) is 1.00. The minimum Gasteiger partial charge on any atom is -0.390 e. The van der Waals surface area contributed by atoms with Crippen LogP contribution in [0.5, 0.6) is 0 Å². The summed E-state index contributed by atoms with van der Waals surface area (Å²) in [7, 11) is -2.98. The van der Waals surface area contributed by atoms with Gasteiger partial charge in [-0.15, -0.1) is 0 Å². The Morgan fingerprint density at radius 3 is 2.71 bits per heavy atom. The maximum Gasteiger partial charge on any atom is 0.147 e. The van der Waals surface area contributed by atoms with Gasteiger partial charge >= 0.3 is 0 Å². The summed E-state index contributed by atoms with van der Waals surface area (Å²) in [4.78, 5) is 0. The Labute approximate surface area is 85.2 Å². The maximum absolute atomic E-state index is 11.0. The molecule has 1 fully saturated rings. The molecule has 1 N–H and O–H groups in total. The summed E-state index contributed by atoms with van der Waals surface area (Å²) in [6.07, 6.45) is 2.60. The van der Waals surface area contributed by atoms with Gasteiger partial charge in [0.1, 0.15) is 9.84 Å². The zero-order chi connectivity index (χ0) is 10.8. The minimum absolute atomic E-state index is 0.0216. The van der Waals surface area contributed by atoms with Gasteiger partial charge in [0.05, 0.1) is 17.5 Å². The van der Waals surface area contributed by atoms with Crippen LogP contribution in [0.2, 0.25) is 0 Å². The fourth-order valence-electron chi connectivity index (χ4n) is 1.75. The van der Waals surface area contributed by atoms with E-state index >= 15 is 0 Å². The first-order valence-electron chi connectivity index (χ1n) is 4.82. The molecule has 2 atom stereocenters. The molecule has 1 aliphatic rings. The smallest absolute Gasteiger partial charge is 0.147 e. The zero-order valence-corrected chi connectivity index (χ0v) is 9.51. The van der Waals surface area contributed by atoms with E-state index in [1.165, 1.54) is 6.26 Å². The molecule has 14 heavy (non-hydrogen) atoms. The highest BCUT2D eigenvalue weighted by Crippen LogP contribution is 2.28. The van der Waals surface area contributed by atoms with E-state index in [2.05, 4.69) is 0 Å². The summed E-state index contributed by atoms with van der Waals surface area (Å²) in [6.45, 7) is 2.41. The molecule has 0 saturated carbocycles. The third-order valence-corrected chi connectivity index (χ3v) is 3.52. The first-order valence-corrected chi connectivity index (χ1v) is 6.89. The van der Waals surface area contributed by atoms with Gasteiger partial charge in [-0.25, -0.2) is 8.42 Å². The van der Waals surface area contributed by atoms with Gasteiger partial charge < -0.3 is 9.84 Å². The Kier molecular flexibility index (Phi) is 3.55. The van der Waals surface area contributed by atoms with Crippen LogP contribution >= 0.6 is 0 Å².